The number of hydrogen-bond acceptors (Lipinski definition) is 4. The summed E-state index contributed by atoms with van der Waals surface area (Å²) in [5.41, 5.74) is 0.366. The molecule has 1 saturated heterocycles. The second-order valence-electron chi connectivity index (χ2n) is 6.23. The van der Waals surface area contributed by atoms with Gasteiger partial charge in [0.25, 0.3) is 0 Å². The fourth-order valence-electron chi connectivity index (χ4n) is 2.55. The third-order valence-electron chi connectivity index (χ3n) is 3.44. The lowest BCUT2D eigenvalue weighted by molar-refractivity contribution is -0.0683. The van der Waals surface area contributed by atoms with Gasteiger partial charge < -0.3 is 9.64 Å². The first-order valence-corrected chi connectivity index (χ1v) is 7.33. The molecule has 0 aromatic carbocycles. The Morgan fingerprint density at radius 2 is 1.95 bits per heavy atom. The summed E-state index contributed by atoms with van der Waals surface area (Å²) in [6.07, 6.45) is 4.10. The summed E-state index contributed by atoms with van der Waals surface area (Å²) in [4.78, 5) is 10.1. The summed E-state index contributed by atoms with van der Waals surface area (Å²) < 4.78 is 20.2. The molecule has 0 aliphatic carbocycles. The van der Waals surface area contributed by atoms with Crippen LogP contribution in [0.15, 0.2) is 6.33 Å². The number of anilines is 1. The summed E-state index contributed by atoms with van der Waals surface area (Å²) in [5.74, 6) is 0.163. The molecule has 1 aliphatic rings. The molecule has 0 radical (unpaired) electrons. The van der Waals surface area contributed by atoms with Crippen molar-refractivity contribution in [2.45, 2.75) is 58.7 Å². The molecule has 0 atom stereocenters. The minimum Gasteiger partial charge on any atom is -0.372 e. The smallest absolute Gasteiger partial charge is 0.187 e. The number of piperidine rings is 1. The molecule has 0 spiro atoms. The third kappa shape index (κ3) is 3.66. The van der Waals surface area contributed by atoms with Gasteiger partial charge in [-0.2, -0.15) is 0 Å². The van der Waals surface area contributed by atoms with E-state index in [0.29, 0.717) is 17.9 Å². The molecule has 4 nitrogen and oxygen atoms in total. The van der Waals surface area contributed by atoms with Crippen LogP contribution in [0.2, 0.25) is 0 Å². The molecule has 0 N–H and O–H groups in total. The van der Waals surface area contributed by atoms with Crippen molar-refractivity contribution in [1.29, 1.82) is 0 Å². The molecule has 2 rings (SSSR count). The number of halogens is 1. The van der Waals surface area contributed by atoms with Gasteiger partial charge in [0.15, 0.2) is 11.6 Å². The number of rotatable bonds is 3. The van der Waals surface area contributed by atoms with Crippen molar-refractivity contribution >= 4 is 5.82 Å². The Balaban J connectivity index is 2.01. The number of aromatic nitrogens is 2. The average molecular weight is 281 g/mol. The molecule has 1 aromatic rings. The molecule has 0 unspecified atom stereocenters. The minimum absolute atomic E-state index is 0.123. The van der Waals surface area contributed by atoms with E-state index in [4.69, 9.17) is 4.74 Å². The van der Waals surface area contributed by atoms with E-state index in [9.17, 15) is 4.39 Å². The van der Waals surface area contributed by atoms with Gasteiger partial charge in [0, 0.05) is 13.1 Å². The van der Waals surface area contributed by atoms with E-state index in [1.165, 1.54) is 6.33 Å². The van der Waals surface area contributed by atoms with Crippen LogP contribution in [0.3, 0.4) is 0 Å². The van der Waals surface area contributed by atoms with Crippen LogP contribution in [0.25, 0.3) is 0 Å². The highest BCUT2D eigenvalue weighted by atomic mass is 19.1. The Morgan fingerprint density at radius 1 is 1.30 bits per heavy atom. The molecule has 1 fully saturated rings. The lowest BCUT2D eigenvalue weighted by Gasteiger charge is -2.36. The Labute approximate surface area is 120 Å². The van der Waals surface area contributed by atoms with Crippen LogP contribution in [-0.2, 0) is 11.2 Å². The van der Waals surface area contributed by atoms with Gasteiger partial charge in [-0.15, -0.1) is 0 Å². The van der Waals surface area contributed by atoms with Gasteiger partial charge in [-0.3, -0.25) is 0 Å². The number of nitrogens with zero attached hydrogens (tertiary/aromatic N) is 3. The summed E-state index contributed by atoms with van der Waals surface area (Å²) in [6, 6.07) is 0. The van der Waals surface area contributed by atoms with Gasteiger partial charge in [-0.05, 0) is 40.0 Å². The van der Waals surface area contributed by atoms with Crippen LogP contribution < -0.4 is 4.90 Å². The lowest BCUT2D eigenvalue weighted by Crippen LogP contribution is -2.40. The van der Waals surface area contributed by atoms with Crippen LogP contribution in [0.1, 0.15) is 46.2 Å². The highest BCUT2D eigenvalue weighted by Gasteiger charge is 2.26. The van der Waals surface area contributed by atoms with E-state index in [2.05, 4.69) is 30.7 Å². The van der Waals surface area contributed by atoms with Crippen molar-refractivity contribution in [3.05, 3.63) is 17.8 Å². The van der Waals surface area contributed by atoms with E-state index in [1.54, 1.807) is 0 Å². The van der Waals surface area contributed by atoms with Crippen LogP contribution in [0.5, 0.6) is 0 Å². The molecule has 112 valence electrons. The first kappa shape index (κ1) is 15.2. The van der Waals surface area contributed by atoms with Crippen molar-refractivity contribution < 1.29 is 9.13 Å². The molecule has 0 bridgehead atoms. The highest BCUT2D eigenvalue weighted by molar-refractivity contribution is 5.41. The van der Waals surface area contributed by atoms with Crippen LogP contribution in [0, 0.1) is 5.82 Å². The Kier molecular flexibility index (Phi) is 4.58. The Morgan fingerprint density at radius 3 is 2.50 bits per heavy atom. The zero-order valence-electron chi connectivity index (χ0n) is 12.8. The predicted octanol–water partition coefficient (Wildman–Crippen LogP) is 2.96. The quantitative estimate of drug-likeness (QED) is 0.854. The van der Waals surface area contributed by atoms with E-state index >= 15 is 0 Å². The number of aryl methyl sites for hydroxylation is 1. The first-order chi connectivity index (χ1) is 9.40. The van der Waals surface area contributed by atoms with Crippen LogP contribution >= 0.6 is 0 Å². The maximum atomic E-state index is 14.2. The van der Waals surface area contributed by atoms with E-state index in [-0.39, 0.29) is 17.5 Å². The summed E-state index contributed by atoms with van der Waals surface area (Å²) in [5, 5.41) is 0. The summed E-state index contributed by atoms with van der Waals surface area (Å²) in [7, 11) is 0. The van der Waals surface area contributed by atoms with Crippen molar-refractivity contribution in [3.8, 4) is 0 Å². The zero-order valence-corrected chi connectivity index (χ0v) is 12.8. The van der Waals surface area contributed by atoms with E-state index in [1.807, 2.05) is 11.8 Å². The minimum atomic E-state index is -0.273. The third-order valence-corrected chi connectivity index (χ3v) is 3.44. The second kappa shape index (κ2) is 6.04. The average Bonchev–Trinajstić information content (AvgIpc) is 2.38. The monoisotopic (exact) mass is 281 g/mol. The lowest BCUT2D eigenvalue weighted by atomic mass is 10.1. The standard InChI is InChI=1S/C15H24FN3O/c1-5-12-13(16)14(18-10-17-12)19-8-6-11(7-9-19)20-15(2,3)4/h10-11H,5-9H2,1-4H3. The van der Waals surface area contributed by atoms with E-state index in [0.717, 1.165) is 25.9 Å². The number of ether oxygens (including phenoxy) is 1. The van der Waals surface area contributed by atoms with Gasteiger partial charge in [0.05, 0.1) is 17.4 Å². The van der Waals surface area contributed by atoms with Gasteiger partial charge >= 0.3 is 0 Å². The second-order valence-corrected chi connectivity index (χ2v) is 6.23. The van der Waals surface area contributed by atoms with Crippen molar-refractivity contribution in [1.82, 2.24) is 9.97 Å². The topological polar surface area (TPSA) is 38.2 Å². The number of hydrogen-bond donors (Lipinski definition) is 0. The zero-order chi connectivity index (χ0) is 14.8. The normalized spacial score (nSPS) is 17.6. The Hall–Kier alpha value is -1.23. The van der Waals surface area contributed by atoms with Gasteiger partial charge in [-0.25, -0.2) is 14.4 Å². The fourth-order valence-corrected chi connectivity index (χ4v) is 2.55. The Bertz CT molecular complexity index is 451. The summed E-state index contributed by atoms with van der Waals surface area (Å²) in [6.45, 7) is 9.65. The van der Waals surface area contributed by atoms with Crippen molar-refractivity contribution in [3.63, 3.8) is 0 Å². The van der Waals surface area contributed by atoms with Gasteiger partial charge in [0.1, 0.15) is 6.33 Å². The van der Waals surface area contributed by atoms with Crippen molar-refractivity contribution in [2.24, 2.45) is 0 Å². The molecule has 0 saturated carbocycles. The molecule has 20 heavy (non-hydrogen) atoms. The van der Waals surface area contributed by atoms with Gasteiger partial charge in [0.2, 0.25) is 0 Å². The maximum absolute atomic E-state index is 14.2. The highest BCUT2D eigenvalue weighted by Crippen LogP contribution is 2.25. The molecule has 1 aromatic heterocycles. The largest absolute Gasteiger partial charge is 0.372 e. The molecule has 5 heteroatoms. The van der Waals surface area contributed by atoms with E-state index < -0.39 is 0 Å². The predicted molar refractivity (Wildman–Crippen MR) is 77.4 cm³/mol. The molecular formula is C15H24FN3O. The van der Waals surface area contributed by atoms with Gasteiger partial charge in [-0.1, -0.05) is 6.92 Å². The molecule has 0 amide bonds. The first-order valence-electron chi connectivity index (χ1n) is 7.33. The van der Waals surface area contributed by atoms with Crippen LogP contribution in [0.4, 0.5) is 10.2 Å². The fraction of sp³-hybridized carbons (Fsp3) is 0.733. The molecule has 1 aliphatic heterocycles. The van der Waals surface area contributed by atoms with Crippen LogP contribution in [-0.4, -0.2) is 34.8 Å². The maximum Gasteiger partial charge on any atom is 0.187 e. The molecular weight excluding hydrogens is 257 g/mol. The van der Waals surface area contributed by atoms with Crippen molar-refractivity contribution in [2.75, 3.05) is 18.0 Å². The SMILES string of the molecule is CCc1ncnc(N2CCC(OC(C)(C)C)CC2)c1F. The molecule has 2 heterocycles. The summed E-state index contributed by atoms with van der Waals surface area (Å²) >= 11 is 0.